The third-order valence-electron chi connectivity index (χ3n) is 6.65. The Morgan fingerprint density at radius 2 is 1.26 bits per heavy atom. The first-order valence-electron chi connectivity index (χ1n) is 12.2. The van der Waals surface area contributed by atoms with Crippen LogP contribution in [-0.4, -0.2) is 42.7 Å². The quantitative estimate of drug-likeness (QED) is 0.223. The van der Waals surface area contributed by atoms with Crippen LogP contribution in [0.25, 0.3) is 15.4 Å². The van der Waals surface area contributed by atoms with Gasteiger partial charge in [-0.2, -0.15) is 5.26 Å². The van der Waals surface area contributed by atoms with Crippen molar-refractivity contribution in [2.45, 2.75) is 13.8 Å². The van der Waals surface area contributed by atoms with E-state index in [9.17, 15) is 50.8 Å². The molecule has 0 atom stereocenters. The Hall–Kier alpha value is -3.43. The van der Waals surface area contributed by atoms with Crippen molar-refractivity contribution in [3.8, 4) is 6.07 Å². The Labute approximate surface area is 248 Å². The normalized spacial score (nSPS) is 17.1. The highest BCUT2D eigenvalue weighted by molar-refractivity contribution is 8.10. The molecule has 15 heteroatoms. The molecular formula is C28H25NO10P2S2. The third kappa shape index (κ3) is 6.29. The van der Waals surface area contributed by atoms with E-state index in [0.29, 0.717) is 0 Å². The molecule has 0 amide bonds. The lowest BCUT2D eigenvalue weighted by Crippen LogP contribution is -2.23. The van der Waals surface area contributed by atoms with Crippen LogP contribution >= 0.6 is 15.2 Å². The SMILES string of the molecule is CC1=C(c2cccc(P(=O)(O)O)c2)S(=O)(=O)C(c2cccc(P(=O)(O)O)c2)=C(S(C)(=O)=O)/C1=C(\C#N)c1ccc(C)cc1. The first kappa shape index (κ1) is 32.5. The zero-order chi connectivity index (χ0) is 32.1. The maximum absolute atomic E-state index is 14.5. The summed E-state index contributed by atoms with van der Waals surface area (Å²) < 4.78 is 80.0. The van der Waals surface area contributed by atoms with Crippen molar-refractivity contribution in [2.75, 3.05) is 6.26 Å². The van der Waals surface area contributed by atoms with E-state index in [1.165, 1.54) is 19.1 Å². The minimum Gasteiger partial charge on any atom is -0.321 e. The van der Waals surface area contributed by atoms with E-state index in [-0.39, 0.29) is 33.4 Å². The summed E-state index contributed by atoms with van der Waals surface area (Å²) in [7, 11) is -19.2. The molecule has 0 spiro atoms. The van der Waals surface area contributed by atoms with Crippen molar-refractivity contribution in [1.29, 1.82) is 5.26 Å². The molecule has 4 rings (SSSR count). The van der Waals surface area contributed by atoms with Crippen molar-refractivity contribution < 1.29 is 45.5 Å². The van der Waals surface area contributed by atoms with Gasteiger partial charge in [0.25, 0.3) is 0 Å². The van der Waals surface area contributed by atoms with E-state index in [0.717, 1.165) is 48.2 Å². The Balaban J connectivity index is 2.30. The predicted molar refractivity (Wildman–Crippen MR) is 163 cm³/mol. The average molecular weight is 662 g/mol. The van der Waals surface area contributed by atoms with Crippen LogP contribution < -0.4 is 10.6 Å². The van der Waals surface area contributed by atoms with Gasteiger partial charge < -0.3 is 19.6 Å². The fourth-order valence-electron chi connectivity index (χ4n) is 4.78. The van der Waals surface area contributed by atoms with Gasteiger partial charge in [0.05, 0.1) is 30.9 Å². The minimum absolute atomic E-state index is 0.185. The number of allylic oxidation sites excluding steroid dienone is 3. The van der Waals surface area contributed by atoms with Gasteiger partial charge in [-0.1, -0.05) is 54.1 Å². The van der Waals surface area contributed by atoms with Crippen LogP contribution in [0.15, 0.2) is 88.8 Å². The maximum atomic E-state index is 14.5. The van der Waals surface area contributed by atoms with Gasteiger partial charge >= 0.3 is 15.2 Å². The molecule has 0 aromatic heterocycles. The molecule has 1 aliphatic heterocycles. The van der Waals surface area contributed by atoms with Crippen molar-refractivity contribution in [3.63, 3.8) is 0 Å². The highest BCUT2D eigenvalue weighted by atomic mass is 32.2. The summed E-state index contributed by atoms with van der Waals surface area (Å²) in [6.45, 7) is 3.08. The molecule has 3 aromatic carbocycles. The molecule has 0 fully saturated rings. The summed E-state index contributed by atoms with van der Waals surface area (Å²) in [6.07, 6.45) is 0.751. The maximum Gasteiger partial charge on any atom is 0.356 e. The molecule has 0 unspecified atom stereocenters. The molecule has 0 saturated carbocycles. The minimum atomic E-state index is -4.93. The van der Waals surface area contributed by atoms with Gasteiger partial charge in [0.2, 0.25) is 9.84 Å². The fraction of sp³-hybridized carbons (Fsp3) is 0.107. The summed E-state index contributed by atoms with van der Waals surface area (Å²) in [5.74, 6) is 0. The van der Waals surface area contributed by atoms with Crippen LogP contribution in [-0.2, 0) is 28.8 Å². The molecule has 0 aliphatic carbocycles. The molecule has 3 aromatic rings. The molecule has 43 heavy (non-hydrogen) atoms. The molecule has 224 valence electrons. The number of benzene rings is 3. The number of sulfone groups is 2. The molecule has 0 radical (unpaired) electrons. The van der Waals surface area contributed by atoms with E-state index in [2.05, 4.69) is 0 Å². The molecule has 4 N–H and O–H groups in total. The lowest BCUT2D eigenvalue weighted by Gasteiger charge is -2.28. The Morgan fingerprint density at radius 3 is 1.67 bits per heavy atom. The van der Waals surface area contributed by atoms with Gasteiger partial charge in [-0.25, -0.2) is 16.8 Å². The molecule has 1 aliphatic rings. The summed E-state index contributed by atoms with van der Waals surface area (Å²) >= 11 is 0. The van der Waals surface area contributed by atoms with E-state index in [1.807, 2.05) is 6.07 Å². The zero-order valence-electron chi connectivity index (χ0n) is 22.8. The second kappa shape index (κ2) is 11.2. The van der Waals surface area contributed by atoms with Crippen LogP contribution in [0.2, 0.25) is 0 Å². The van der Waals surface area contributed by atoms with Crippen LogP contribution in [0.5, 0.6) is 0 Å². The summed E-state index contributed by atoms with van der Waals surface area (Å²) in [5.41, 5.74) is -0.167. The second-order valence-electron chi connectivity index (χ2n) is 9.80. The Kier molecular flexibility index (Phi) is 8.50. The van der Waals surface area contributed by atoms with E-state index in [4.69, 9.17) is 0 Å². The fourth-order valence-corrected chi connectivity index (χ4v) is 9.75. The van der Waals surface area contributed by atoms with Gasteiger partial charge in [-0.05, 0) is 60.4 Å². The van der Waals surface area contributed by atoms with Crippen LogP contribution in [0.4, 0.5) is 0 Å². The van der Waals surface area contributed by atoms with Gasteiger partial charge in [-0.15, -0.1) is 0 Å². The average Bonchev–Trinajstić information content (AvgIpc) is 2.89. The Morgan fingerprint density at radius 1 is 0.791 bits per heavy atom. The molecule has 0 saturated heterocycles. The second-order valence-corrected chi connectivity index (χ2v) is 16.8. The summed E-state index contributed by atoms with van der Waals surface area (Å²) in [5, 5.41) is 9.26. The topological polar surface area (TPSA) is 207 Å². The number of aryl methyl sites for hydroxylation is 1. The summed E-state index contributed by atoms with van der Waals surface area (Å²) in [6, 6.07) is 17.2. The van der Waals surface area contributed by atoms with Crippen molar-refractivity contribution in [1.82, 2.24) is 0 Å². The number of hydrogen-bond acceptors (Lipinski definition) is 7. The highest BCUT2D eigenvalue weighted by Crippen LogP contribution is 2.50. The van der Waals surface area contributed by atoms with Crippen molar-refractivity contribution in [2.24, 2.45) is 0 Å². The van der Waals surface area contributed by atoms with Crippen LogP contribution in [0.3, 0.4) is 0 Å². The van der Waals surface area contributed by atoms with E-state index >= 15 is 0 Å². The molecule has 0 bridgehead atoms. The third-order valence-corrected chi connectivity index (χ3v) is 11.9. The lowest BCUT2D eigenvalue weighted by atomic mass is 9.92. The van der Waals surface area contributed by atoms with Gasteiger partial charge in [0.1, 0.15) is 6.07 Å². The number of hydrogen-bond donors (Lipinski definition) is 4. The molecular weight excluding hydrogens is 636 g/mol. The van der Waals surface area contributed by atoms with E-state index in [1.54, 1.807) is 31.2 Å². The van der Waals surface area contributed by atoms with Crippen LogP contribution in [0.1, 0.15) is 29.2 Å². The van der Waals surface area contributed by atoms with Crippen molar-refractivity contribution in [3.05, 3.63) is 111 Å². The largest absolute Gasteiger partial charge is 0.356 e. The number of rotatable bonds is 6. The monoisotopic (exact) mass is 661 g/mol. The van der Waals surface area contributed by atoms with Gasteiger partial charge in [0.15, 0.2) is 9.84 Å². The predicted octanol–water partition coefficient (Wildman–Crippen LogP) is 3.15. The van der Waals surface area contributed by atoms with Crippen molar-refractivity contribution >= 4 is 60.9 Å². The molecule has 1 heterocycles. The zero-order valence-corrected chi connectivity index (χ0v) is 26.2. The van der Waals surface area contributed by atoms with E-state index < -0.39 is 60.2 Å². The summed E-state index contributed by atoms with van der Waals surface area (Å²) in [4.78, 5) is 37.0. The van der Waals surface area contributed by atoms with Gasteiger partial charge in [0, 0.05) is 11.8 Å². The first-order chi connectivity index (χ1) is 19.8. The standard InChI is InChI=1S/C28H25NO10P2S2/c1-17-10-12-19(13-11-17)24(16-29)25-18(2)26(20-6-4-8-22(14-20)40(30,31)32)43(38,39)27(28(25)42(3,36)37)21-7-5-9-23(15-21)41(33,34)35/h4-15H,1-3H3,(H2,30,31,32)(H2,33,34,35)/b25-24+. The Bertz CT molecular complexity index is 2130. The van der Waals surface area contributed by atoms with Gasteiger partial charge in [-0.3, -0.25) is 9.13 Å². The number of nitrogens with zero attached hydrogens (tertiary/aromatic N) is 1. The lowest BCUT2D eigenvalue weighted by molar-refractivity contribution is 0.385. The first-order valence-corrected chi connectivity index (χ1v) is 18.8. The number of nitriles is 1. The van der Waals surface area contributed by atoms with Crippen LogP contribution in [0, 0.1) is 18.3 Å². The smallest absolute Gasteiger partial charge is 0.321 e. The molecule has 11 nitrogen and oxygen atoms in total. The highest BCUT2D eigenvalue weighted by Gasteiger charge is 2.42.